The molecule has 1 N–H and O–H groups in total. The maximum absolute atomic E-state index is 12.6. The number of nitrogens with zero attached hydrogens (tertiary/aromatic N) is 1. The van der Waals surface area contributed by atoms with Crippen LogP contribution in [-0.4, -0.2) is 30.9 Å². The van der Waals surface area contributed by atoms with Crippen LogP contribution in [0.3, 0.4) is 0 Å². The van der Waals surface area contributed by atoms with Crippen LogP contribution < -0.4 is 15.0 Å². The van der Waals surface area contributed by atoms with E-state index in [-0.39, 0.29) is 29.3 Å². The number of hydrogen-bond acceptors (Lipinski definition) is 5. The van der Waals surface area contributed by atoms with Crippen molar-refractivity contribution in [2.75, 3.05) is 23.4 Å². The van der Waals surface area contributed by atoms with Crippen molar-refractivity contribution in [2.24, 2.45) is 5.92 Å². The van der Waals surface area contributed by atoms with E-state index in [1.807, 2.05) is 24.3 Å². The normalized spacial score (nSPS) is 15.3. The van der Waals surface area contributed by atoms with E-state index in [0.717, 1.165) is 0 Å². The molecule has 0 saturated carbocycles. The lowest BCUT2D eigenvalue weighted by Crippen LogP contribution is -2.28. The van der Waals surface area contributed by atoms with E-state index >= 15 is 0 Å². The van der Waals surface area contributed by atoms with Gasteiger partial charge >= 0.3 is 5.97 Å². The van der Waals surface area contributed by atoms with Crippen molar-refractivity contribution in [1.82, 2.24) is 0 Å². The Kier molecular flexibility index (Phi) is 8.29. The molecule has 1 saturated heterocycles. The summed E-state index contributed by atoms with van der Waals surface area (Å²) in [5.41, 5.74) is 2.28. The molecule has 1 aliphatic rings. The van der Waals surface area contributed by atoms with Crippen LogP contribution in [0, 0.1) is 5.92 Å². The lowest BCUT2D eigenvalue weighted by atomic mass is 9.87. The first-order valence-corrected chi connectivity index (χ1v) is 12.9. The Balaban J connectivity index is 1.29. The zero-order valence-corrected chi connectivity index (χ0v) is 22.8. The molecule has 1 aliphatic heterocycles. The Morgan fingerprint density at radius 1 is 0.974 bits per heavy atom. The third-order valence-corrected chi connectivity index (χ3v) is 6.66. The van der Waals surface area contributed by atoms with Crippen molar-refractivity contribution in [3.8, 4) is 11.5 Å². The van der Waals surface area contributed by atoms with E-state index in [2.05, 4.69) is 26.1 Å². The summed E-state index contributed by atoms with van der Waals surface area (Å²) in [7, 11) is 0. The van der Waals surface area contributed by atoms with Crippen LogP contribution >= 0.6 is 23.2 Å². The Bertz CT molecular complexity index is 1330. The molecule has 3 aromatic carbocycles. The lowest BCUT2D eigenvalue weighted by Gasteiger charge is -2.19. The molecule has 1 atom stereocenters. The van der Waals surface area contributed by atoms with Crippen molar-refractivity contribution < 1.29 is 23.9 Å². The number of amides is 2. The SMILES string of the molecule is CC(C)(C)c1ccc(Oc2ccc(N3C[C@H](C(=O)OCC(=O)Nc4ccc(Cl)cc4Cl)CC3=O)cc2)cc1. The van der Waals surface area contributed by atoms with Gasteiger partial charge in [-0.2, -0.15) is 0 Å². The van der Waals surface area contributed by atoms with Gasteiger partial charge in [0.2, 0.25) is 5.91 Å². The Morgan fingerprint density at radius 2 is 1.61 bits per heavy atom. The summed E-state index contributed by atoms with van der Waals surface area (Å²) in [6.45, 7) is 6.13. The van der Waals surface area contributed by atoms with Gasteiger partial charge in [0.1, 0.15) is 11.5 Å². The number of ether oxygens (including phenoxy) is 2. The van der Waals surface area contributed by atoms with Crippen LogP contribution in [0.1, 0.15) is 32.8 Å². The van der Waals surface area contributed by atoms with Gasteiger partial charge < -0.3 is 19.7 Å². The average Bonchev–Trinajstić information content (AvgIpc) is 3.26. The quantitative estimate of drug-likeness (QED) is 0.332. The largest absolute Gasteiger partial charge is 0.457 e. The minimum Gasteiger partial charge on any atom is -0.457 e. The van der Waals surface area contributed by atoms with Gasteiger partial charge in [-0.15, -0.1) is 0 Å². The molecule has 7 nitrogen and oxygen atoms in total. The number of carbonyl (C=O) groups is 3. The Labute approximate surface area is 231 Å². The van der Waals surface area contributed by atoms with Gasteiger partial charge in [-0.25, -0.2) is 0 Å². The van der Waals surface area contributed by atoms with Gasteiger partial charge in [-0.1, -0.05) is 56.1 Å². The second kappa shape index (κ2) is 11.5. The van der Waals surface area contributed by atoms with Crippen molar-refractivity contribution in [3.05, 3.63) is 82.3 Å². The van der Waals surface area contributed by atoms with Gasteiger partial charge in [0.25, 0.3) is 5.91 Å². The van der Waals surface area contributed by atoms with Gasteiger partial charge in [0.15, 0.2) is 6.61 Å². The predicted molar refractivity (Wildman–Crippen MR) is 148 cm³/mol. The zero-order valence-electron chi connectivity index (χ0n) is 21.3. The molecule has 0 unspecified atom stereocenters. The van der Waals surface area contributed by atoms with Gasteiger partial charge in [0.05, 0.1) is 16.6 Å². The van der Waals surface area contributed by atoms with Crippen molar-refractivity contribution in [2.45, 2.75) is 32.6 Å². The molecule has 0 aromatic heterocycles. The molecule has 0 radical (unpaired) electrons. The first kappa shape index (κ1) is 27.5. The van der Waals surface area contributed by atoms with E-state index in [4.69, 9.17) is 32.7 Å². The summed E-state index contributed by atoms with van der Waals surface area (Å²) in [5, 5.41) is 3.26. The number of carbonyl (C=O) groups excluding carboxylic acids is 3. The van der Waals surface area contributed by atoms with Crippen molar-refractivity contribution in [1.29, 1.82) is 0 Å². The summed E-state index contributed by atoms with van der Waals surface area (Å²) in [6, 6.07) is 19.7. The van der Waals surface area contributed by atoms with E-state index in [9.17, 15) is 14.4 Å². The smallest absolute Gasteiger partial charge is 0.311 e. The molecule has 1 heterocycles. The fourth-order valence-corrected chi connectivity index (χ4v) is 4.46. The summed E-state index contributed by atoms with van der Waals surface area (Å²) in [6.07, 6.45) is 0.00183. The zero-order chi connectivity index (χ0) is 27.4. The highest BCUT2D eigenvalue weighted by atomic mass is 35.5. The summed E-state index contributed by atoms with van der Waals surface area (Å²) >= 11 is 11.9. The number of halogens is 2. The highest BCUT2D eigenvalue weighted by Gasteiger charge is 2.36. The summed E-state index contributed by atoms with van der Waals surface area (Å²) in [4.78, 5) is 38.8. The predicted octanol–water partition coefficient (Wildman–Crippen LogP) is 6.62. The minimum atomic E-state index is -0.674. The molecule has 9 heteroatoms. The maximum Gasteiger partial charge on any atom is 0.311 e. The highest BCUT2D eigenvalue weighted by Crippen LogP contribution is 2.31. The molecule has 0 aliphatic carbocycles. The first-order chi connectivity index (χ1) is 18.0. The van der Waals surface area contributed by atoms with Gasteiger partial charge in [-0.05, 0) is 65.6 Å². The average molecular weight is 555 g/mol. The molecule has 1 fully saturated rings. The first-order valence-electron chi connectivity index (χ1n) is 12.1. The highest BCUT2D eigenvalue weighted by molar-refractivity contribution is 6.36. The third-order valence-electron chi connectivity index (χ3n) is 6.11. The number of benzene rings is 3. The van der Waals surface area contributed by atoms with E-state index in [0.29, 0.717) is 27.9 Å². The van der Waals surface area contributed by atoms with Crippen LogP contribution in [0.15, 0.2) is 66.7 Å². The van der Waals surface area contributed by atoms with E-state index in [1.165, 1.54) is 16.5 Å². The van der Waals surface area contributed by atoms with Crippen LogP contribution in [0.2, 0.25) is 10.0 Å². The number of hydrogen-bond donors (Lipinski definition) is 1. The molecular formula is C29H28Cl2N2O5. The summed E-state index contributed by atoms with van der Waals surface area (Å²) < 4.78 is 11.1. The van der Waals surface area contributed by atoms with E-state index < -0.39 is 24.4 Å². The molecule has 38 heavy (non-hydrogen) atoms. The molecule has 0 spiro atoms. The maximum atomic E-state index is 12.6. The number of esters is 1. The third kappa shape index (κ3) is 6.85. The Morgan fingerprint density at radius 3 is 2.21 bits per heavy atom. The van der Waals surface area contributed by atoms with Crippen LogP contribution in [0.4, 0.5) is 11.4 Å². The van der Waals surface area contributed by atoms with Crippen LogP contribution in [-0.2, 0) is 24.5 Å². The van der Waals surface area contributed by atoms with Crippen molar-refractivity contribution >= 4 is 52.4 Å². The number of anilines is 2. The standard InChI is InChI=1S/C29H28Cl2N2O5/c1-29(2,3)19-4-9-22(10-5-19)38-23-11-7-21(8-12-23)33-16-18(14-27(33)35)28(36)37-17-26(34)32-25-13-6-20(30)15-24(25)31/h4-13,15,18H,14,16-17H2,1-3H3,(H,32,34)/t18-/m1/s1. The molecule has 0 bridgehead atoms. The minimum absolute atomic E-state index is 0.00183. The van der Waals surface area contributed by atoms with Gasteiger partial charge in [-0.3, -0.25) is 14.4 Å². The fraction of sp³-hybridized carbons (Fsp3) is 0.276. The van der Waals surface area contributed by atoms with Crippen molar-refractivity contribution in [3.63, 3.8) is 0 Å². The monoisotopic (exact) mass is 554 g/mol. The summed E-state index contributed by atoms with van der Waals surface area (Å²) in [5.74, 6) is -0.688. The van der Waals surface area contributed by atoms with Crippen LogP contribution in [0.25, 0.3) is 0 Å². The second-order valence-corrected chi connectivity index (χ2v) is 10.9. The Hall–Kier alpha value is -3.55. The fourth-order valence-electron chi connectivity index (χ4n) is 4.00. The topological polar surface area (TPSA) is 84.9 Å². The molecule has 3 aromatic rings. The second-order valence-electron chi connectivity index (χ2n) is 10.1. The van der Waals surface area contributed by atoms with E-state index in [1.54, 1.807) is 36.4 Å². The number of rotatable bonds is 7. The lowest BCUT2D eigenvalue weighted by molar-refractivity contribution is -0.151. The van der Waals surface area contributed by atoms with Gasteiger partial charge in [0, 0.05) is 23.7 Å². The molecular weight excluding hydrogens is 527 g/mol. The molecule has 4 rings (SSSR count). The molecule has 2 amide bonds. The van der Waals surface area contributed by atoms with Crippen LogP contribution in [0.5, 0.6) is 11.5 Å². The molecule has 198 valence electrons. The number of nitrogens with one attached hydrogen (secondary N) is 1.